The molecule has 0 radical (unpaired) electrons. The molecule has 0 fully saturated rings. The average molecular weight is 519 g/mol. The van der Waals surface area contributed by atoms with Crippen LogP contribution in [0.5, 0.6) is 40.2 Å². The fourth-order valence-electron chi connectivity index (χ4n) is 4.94. The lowest BCUT2D eigenvalue weighted by molar-refractivity contribution is -0.135. The first-order valence-corrected chi connectivity index (χ1v) is 11.8. The molecule has 0 saturated heterocycles. The Hall–Kier alpha value is -4.66. The second kappa shape index (κ2) is 10.0. The molecule has 1 unspecified atom stereocenters. The minimum absolute atomic E-state index is 0.00953. The maximum atomic E-state index is 13.4. The molecule has 0 amide bonds. The van der Waals surface area contributed by atoms with Crippen molar-refractivity contribution >= 4 is 17.8 Å². The molecule has 0 bridgehead atoms. The highest BCUT2D eigenvalue weighted by Gasteiger charge is 2.40. The van der Waals surface area contributed by atoms with Gasteiger partial charge in [-0.05, 0) is 30.3 Å². The van der Waals surface area contributed by atoms with Gasteiger partial charge in [0.2, 0.25) is 11.5 Å². The van der Waals surface area contributed by atoms with Gasteiger partial charge in [-0.2, -0.15) is 0 Å². The van der Waals surface area contributed by atoms with Crippen LogP contribution in [0.4, 0.5) is 0 Å². The molecule has 2 aliphatic rings. The number of para-hydroxylation sites is 1. The van der Waals surface area contributed by atoms with Crippen LogP contribution in [0, 0.1) is 0 Å². The Balaban J connectivity index is 1.65. The fraction of sp³-hybridized carbons (Fsp3) is 0.241. The quantitative estimate of drug-likeness (QED) is 0.248. The molecule has 9 nitrogen and oxygen atoms in total. The van der Waals surface area contributed by atoms with Crippen molar-refractivity contribution in [2.24, 2.45) is 0 Å². The number of hydrogen-bond donors (Lipinski definition) is 0. The average Bonchev–Trinajstić information content (AvgIpc) is 3.25. The Kier molecular flexibility index (Phi) is 6.59. The Morgan fingerprint density at radius 2 is 1.47 bits per heavy atom. The van der Waals surface area contributed by atoms with Gasteiger partial charge in [0.1, 0.15) is 11.5 Å². The summed E-state index contributed by atoms with van der Waals surface area (Å²) in [5.41, 5.74) is 2.21. The number of carbonyl (C=O) groups excluding carboxylic acids is 2. The minimum atomic E-state index is -0.533. The number of hydrogen-bond acceptors (Lipinski definition) is 9. The van der Waals surface area contributed by atoms with Crippen molar-refractivity contribution in [3.8, 4) is 40.2 Å². The monoisotopic (exact) mass is 518 g/mol. The summed E-state index contributed by atoms with van der Waals surface area (Å²) in [5, 5.41) is 0. The van der Waals surface area contributed by atoms with Gasteiger partial charge in [0.25, 0.3) is 0 Å². The molecule has 0 aliphatic carbocycles. The molecule has 9 heteroatoms. The Morgan fingerprint density at radius 1 is 0.763 bits per heavy atom. The van der Waals surface area contributed by atoms with Crippen molar-refractivity contribution in [2.75, 3.05) is 35.5 Å². The molecule has 3 aromatic rings. The fourth-order valence-corrected chi connectivity index (χ4v) is 4.94. The molecule has 3 aromatic carbocycles. The van der Waals surface area contributed by atoms with E-state index in [9.17, 15) is 9.59 Å². The highest BCUT2D eigenvalue weighted by atomic mass is 16.5. The molecule has 38 heavy (non-hydrogen) atoms. The van der Waals surface area contributed by atoms with Crippen LogP contribution in [-0.4, -0.2) is 47.3 Å². The zero-order chi connectivity index (χ0) is 27.0. The maximum Gasteiger partial charge on any atom is 0.312 e. The Labute approximate surface area is 219 Å². The maximum absolute atomic E-state index is 13.4. The van der Waals surface area contributed by atoms with Crippen molar-refractivity contribution in [2.45, 2.75) is 12.3 Å². The summed E-state index contributed by atoms with van der Waals surface area (Å²) in [6, 6.07) is 12.1. The number of ketones is 1. The summed E-state index contributed by atoms with van der Waals surface area (Å²) in [7, 11) is 7.62. The minimum Gasteiger partial charge on any atom is -0.493 e. The third-order valence-electron chi connectivity index (χ3n) is 6.61. The number of ether oxygens (including phenoxy) is 7. The molecule has 0 saturated carbocycles. The second-order valence-corrected chi connectivity index (χ2v) is 8.53. The van der Waals surface area contributed by atoms with Crippen LogP contribution in [0.2, 0.25) is 0 Å². The summed E-state index contributed by atoms with van der Waals surface area (Å²) in [6.45, 7) is 0. The van der Waals surface area contributed by atoms with Crippen LogP contribution >= 0.6 is 0 Å². The Bertz CT molecular complexity index is 1470. The van der Waals surface area contributed by atoms with Crippen molar-refractivity contribution in [3.05, 3.63) is 70.5 Å². The third kappa shape index (κ3) is 3.96. The molecule has 2 aliphatic heterocycles. The Morgan fingerprint density at radius 3 is 2.16 bits per heavy atom. The van der Waals surface area contributed by atoms with Gasteiger partial charge >= 0.3 is 5.97 Å². The number of fused-ring (bicyclic) bond motifs is 3. The number of carbonyl (C=O) groups is 2. The lowest BCUT2D eigenvalue weighted by Gasteiger charge is -2.28. The topological polar surface area (TPSA) is 98.8 Å². The van der Waals surface area contributed by atoms with Gasteiger partial charge in [-0.25, -0.2) is 0 Å². The zero-order valence-corrected chi connectivity index (χ0v) is 21.6. The van der Waals surface area contributed by atoms with E-state index in [-0.39, 0.29) is 18.0 Å². The summed E-state index contributed by atoms with van der Waals surface area (Å²) < 4.78 is 39.3. The smallest absolute Gasteiger partial charge is 0.312 e. The van der Waals surface area contributed by atoms with Gasteiger partial charge in [0.15, 0.2) is 28.8 Å². The highest BCUT2D eigenvalue weighted by Crippen LogP contribution is 2.53. The van der Waals surface area contributed by atoms with Crippen LogP contribution in [0.3, 0.4) is 0 Å². The zero-order valence-electron chi connectivity index (χ0n) is 21.6. The summed E-state index contributed by atoms with van der Waals surface area (Å²) in [4.78, 5) is 26.0. The third-order valence-corrected chi connectivity index (χ3v) is 6.61. The number of rotatable bonds is 7. The number of methoxy groups -OCH3 is 5. The van der Waals surface area contributed by atoms with E-state index in [0.29, 0.717) is 62.5 Å². The van der Waals surface area contributed by atoms with E-state index < -0.39 is 11.9 Å². The predicted octanol–water partition coefficient (Wildman–Crippen LogP) is 4.79. The van der Waals surface area contributed by atoms with Crippen LogP contribution in [0.25, 0.3) is 6.08 Å². The lowest BCUT2D eigenvalue weighted by atomic mass is 9.84. The van der Waals surface area contributed by atoms with Crippen LogP contribution in [-0.2, 0) is 4.79 Å². The van der Waals surface area contributed by atoms with E-state index in [1.54, 1.807) is 48.5 Å². The van der Waals surface area contributed by atoms with Gasteiger partial charge in [-0.15, -0.1) is 0 Å². The highest BCUT2D eigenvalue weighted by molar-refractivity contribution is 6.15. The van der Waals surface area contributed by atoms with Crippen LogP contribution < -0.4 is 33.2 Å². The van der Waals surface area contributed by atoms with Gasteiger partial charge in [-0.1, -0.05) is 18.2 Å². The van der Waals surface area contributed by atoms with E-state index >= 15 is 0 Å². The first kappa shape index (κ1) is 25.0. The first-order chi connectivity index (χ1) is 18.4. The molecular weight excluding hydrogens is 492 g/mol. The van der Waals surface area contributed by atoms with Crippen LogP contribution in [0.1, 0.15) is 39.4 Å². The largest absolute Gasteiger partial charge is 0.493 e. The molecule has 196 valence electrons. The molecule has 1 atom stereocenters. The number of benzene rings is 3. The first-order valence-electron chi connectivity index (χ1n) is 11.8. The molecule has 0 aromatic heterocycles. The van der Waals surface area contributed by atoms with Crippen molar-refractivity contribution in [3.63, 3.8) is 0 Å². The van der Waals surface area contributed by atoms with Gasteiger partial charge in [-0.3, -0.25) is 9.59 Å². The van der Waals surface area contributed by atoms with Crippen molar-refractivity contribution < 1.29 is 42.7 Å². The lowest BCUT2D eigenvalue weighted by Crippen LogP contribution is -2.22. The standard InChI is InChI=1S/C29H26O9/c1-32-20-8-6-7-15(26(20)34-3)13-22-25(31)17-10-11-19-24(27(17)38-22)18(14-23(30)37-19)16-9-12-21(33-2)29(36-5)28(16)35-4/h6-13,18H,14H2,1-5H3. The van der Waals surface area contributed by atoms with Crippen molar-refractivity contribution in [1.29, 1.82) is 0 Å². The predicted molar refractivity (Wildman–Crippen MR) is 137 cm³/mol. The second-order valence-electron chi connectivity index (χ2n) is 8.53. The number of Topliss-reactive ketones (excluding diaryl/α,β-unsaturated/α-hetero) is 1. The number of allylic oxidation sites excluding steroid dienone is 1. The van der Waals surface area contributed by atoms with Gasteiger partial charge < -0.3 is 33.2 Å². The summed E-state index contributed by atoms with van der Waals surface area (Å²) in [6.07, 6.45) is 1.62. The summed E-state index contributed by atoms with van der Waals surface area (Å²) >= 11 is 0. The van der Waals surface area contributed by atoms with E-state index in [2.05, 4.69) is 0 Å². The van der Waals surface area contributed by atoms with Gasteiger partial charge in [0.05, 0.1) is 47.5 Å². The molecular formula is C29H26O9. The summed E-state index contributed by atoms with van der Waals surface area (Å²) in [5.74, 6) is 1.78. The normalized spacial score (nSPS) is 16.8. The van der Waals surface area contributed by atoms with Crippen molar-refractivity contribution in [1.82, 2.24) is 0 Å². The molecule has 2 heterocycles. The molecule has 0 spiro atoms. The van der Waals surface area contributed by atoms with E-state index in [1.807, 2.05) is 0 Å². The van der Waals surface area contributed by atoms with Gasteiger partial charge in [0, 0.05) is 22.6 Å². The van der Waals surface area contributed by atoms with E-state index in [1.165, 1.54) is 35.5 Å². The van der Waals surface area contributed by atoms with E-state index in [4.69, 9.17) is 33.2 Å². The molecule has 5 rings (SSSR count). The number of esters is 1. The molecule has 0 N–H and O–H groups in total. The van der Waals surface area contributed by atoms with E-state index in [0.717, 1.165) is 0 Å². The SMILES string of the molecule is COc1cccc(C=C2Oc3c(ccc4c3C(c3ccc(OC)c(OC)c3OC)CC(=O)O4)C2=O)c1OC. The van der Waals surface area contributed by atoms with Crippen LogP contribution in [0.15, 0.2) is 48.2 Å².